The second kappa shape index (κ2) is 6.57. The number of carbonyl (C=O) groups is 1. The molecule has 4 rings (SSSR count). The molecule has 1 aromatic heterocycles. The Hall–Kier alpha value is -2.67. The van der Waals surface area contributed by atoms with Crippen molar-refractivity contribution in [1.29, 1.82) is 10.5 Å². The molecule has 1 saturated carbocycles. The summed E-state index contributed by atoms with van der Waals surface area (Å²) >= 11 is 0. The number of nitriles is 2. The molecule has 7 nitrogen and oxygen atoms in total. The van der Waals surface area contributed by atoms with Crippen molar-refractivity contribution >= 4 is 11.7 Å². The van der Waals surface area contributed by atoms with Crippen molar-refractivity contribution in [3.8, 4) is 12.1 Å². The van der Waals surface area contributed by atoms with Crippen molar-refractivity contribution in [2.75, 3.05) is 24.5 Å². The molecular formula is C19H22N6O. The first-order chi connectivity index (χ1) is 12.6. The highest BCUT2D eigenvalue weighted by molar-refractivity contribution is 5.82. The molecule has 0 radical (unpaired) electrons. The van der Waals surface area contributed by atoms with Crippen LogP contribution in [0.4, 0.5) is 5.82 Å². The second-order valence-electron chi connectivity index (χ2n) is 7.70. The summed E-state index contributed by atoms with van der Waals surface area (Å²) in [4.78, 5) is 25.4. The number of piperidine rings is 2. The summed E-state index contributed by atoms with van der Waals surface area (Å²) in [5, 5.41) is 18.2. The van der Waals surface area contributed by atoms with Gasteiger partial charge in [-0.3, -0.25) is 4.79 Å². The molecule has 4 atom stereocenters. The van der Waals surface area contributed by atoms with Gasteiger partial charge in [-0.05, 0) is 37.5 Å². The van der Waals surface area contributed by atoms with Gasteiger partial charge in [0.25, 0.3) is 0 Å². The third-order valence-corrected chi connectivity index (χ3v) is 6.07. The van der Waals surface area contributed by atoms with E-state index in [1.54, 1.807) is 6.20 Å². The summed E-state index contributed by atoms with van der Waals surface area (Å²) in [5.41, 5.74) is 0.148. The first-order valence-electron chi connectivity index (χ1n) is 9.35. The van der Waals surface area contributed by atoms with Crippen LogP contribution in [0.1, 0.15) is 44.0 Å². The van der Waals surface area contributed by atoms with E-state index < -0.39 is 0 Å². The zero-order valence-electron chi connectivity index (χ0n) is 14.9. The third kappa shape index (κ3) is 2.88. The topological polar surface area (TPSA) is 96.9 Å². The Morgan fingerprint density at radius 3 is 2.69 bits per heavy atom. The average Bonchev–Trinajstić information content (AvgIpc) is 3.42. The van der Waals surface area contributed by atoms with E-state index in [-0.39, 0.29) is 17.3 Å². The Labute approximate surface area is 153 Å². The van der Waals surface area contributed by atoms with Gasteiger partial charge in [0, 0.05) is 31.6 Å². The number of hydrogen-bond acceptors (Lipinski definition) is 6. The maximum Gasteiger partial charge on any atom is 0.226 e. The van der Waals surface area contributed by atoms with Gasteiger partial charge in [-0.1, -0.05) is 6.92 Å². The van der Waals surface area contributed by atoms with Crippen LogP contribution in [0.5, 0.6) is 0 Å². The van der Waals surface area contributed by atoms with E-state index in [2.05, 4.69) is 26.7 Å². The van der Waals surface area contributed by atoms with Gasteiger partial charge in [-0.15, -0.1) is 0 Å². The Morgan fingerprint density at radius 2 is 2.00 bits per heavy atom. The smallest absolute Gasteiger partial charge is 0.226 e. The predicted molar refractivity (Wildman–Crippen MR) is 93.8 cm³/mol. The quantitative estimate of drug-likeness (QED) is 0.805. The summed E-state index contributed by atoms with van der Waals surface area (Å²) < 4.78 is 0. The highest BCUT2D eigenvalue weighted by Gasteiger charge is 2.46. The Bertz CT molecular complexity index is 809. The van der Waals surface area contributed by atoms with Gasteiger partial charge in [-0.2, -0.15) is 10.5 Å². The molecule has 3 aliphatic rings. The third-order valence-electron chi connectivity index (χ3n) is 6.07. The van der Waals surface area contributed by atoms with Crippen LogP contribution < -0.4 is 4.90 Å². The van der Waals surface area contributed by atoms with Crippen molar-refractivity contribution in [2.45, 2.75) is 38.6 Å². The zero-order valence-corrected chi connectivity index (χ0v) is 14.9. The Balaban J connectivity index is 1.49. The van der Waals surface area contributed by atoms with Crippen LogP contribution in [0, 0.1) is 40.4 Å². The van der Waals surface area contributed by atoms with Crippen LogP contribution >= 0.6 is 0 Å². The van der Waals surface area contributed by atoms with E-state index >= 15 is 0 Å². The molecule has 0 bridgehead atoms. The molecule has 7 heteroatoms. The van der Waals surface area contributed by atoms with E-state index in [1.807, 2.05) is 12.1 Å². The number of amides is 1. The minimum Gasteiger partial charge on any atom is -0.355 e. The molecule has 3 fully saturated rings. The number of anilines is 1. The van der Waals surface area contributed by atoms with Crippen LogP contribution in [0.25, 0.3) is 0 Å². The molecule has 2 unspecified atom stereocenters. The molecule has 2 saturated heterocycles. The summed E-state index contributed by atoms with van der Waals surface area (Å²) in [6.07, 6.45) is 5.69. The summed E-state index contributed by atoms with van der Waals surface area (Å²) in [7, 11) is 0. The van der Waals surface area contributed by atoms with Gasteiger partial charge in [-0.25, -0.2) is 9.97 Å². The van der Waals surface area contributed by atoms with Crippen molar-refractivity contribution < 1.29 is 4.79 Å². The Morgan fingerprint density at radius 1 is 1.23 bits per heavy atom. The molecule has 1 amide bonds. The van der Waals surface area contributed by atoms with E-state index in [9.17, 15) is 4.79 Å². The molecular weight excluding hydrogens is 328 g/mol. The van der Waals surface area contributed by atoms with E-state index in [0.29, 0.717) is 29.6 Å². The lowest BCUT2D eigenvalue weighted by Gasteiger charge is -2.47. The highest BCUT2D eigenvalue weighted by Crippen LogP contribution is 2.42. The highest BCUT2D eigenvalue weighted by atomic mass is 16.2. The minimum absolute atomic E-state index is 0.0686. The van der Waals surface area contributed by atoms with Crippen LogP contribution in [-0.4, -0.2) is 46.5 Å². The number of rotatable bonds is 2. The monoisotopic (exact) mass is 350 g/mol. The number of aromatic nitrogens is 2. The van der Waals surface area contributed by atoms with Crippen molar-refractivity contribution in [2.24, 2.45) is 17.8 Å². The lowest BCUT2D eigenvalue weighted by molar-refractivity contribution is -0.138. The maximum absolute atomic E-state index is 12.8. The molecule has 0 N–H and O–H groups in total. The lowest BCUT2D eigenvalue weighted by Crippen LogP contribution is -2.56. The predicted octanol–water partition coefficient (Wildman–Crippen LogP) is 1.69. The molecule has 1 aliphatic carbocycles. The molecule has 0 spiro atoms. The maximum atomic E-state index is 12.8. The molecule has 2 aliphatic heterocycles. The average molecular weight is 350 g/mol. The van der Waals surface area contributed by atoms with Gasteiger partial charge in [0.2, 0.25) is 5.91 Å². The van der Waals surface area contributed by atoms with Crippen molar-refractivity contribution in [3.63, 3.8) is 0 Å². The summed E-state index contributed by atoms with van der Waals surface area (Å²) in [6, 6.07) is 4.17. The first-order valence-corrected chi connectivity index (χ1v) is 9.35. The minimum atomic E-state index is 0.0686. The SMILES string of the molecule is C[C@@H]1C[C@H]1C(=O)N1CCCC2CN(c3cnc(C#N)c(C#N)n3)CCC21. The Kier molecular flexibility index (Phi) is 4.24. The number of nitrogens with zero attached hydrogens (tertiary/aromatic N) is 6. The van der Waals surface area contributed by atoms with E-state index in [0.717, 1.165) is 45.3 Å². The fourth-order valence-corrected chi connectivity index (χ4v) is 4.46. The van der Waals surface area contributed by atoms with Gasteiger partial charge in [0.05, 0.1) is 6.20 Å². The van der Waals surface area contributed by atoms with Crippen LogP contribution in [-0.2, 0) is 4.79 Å². The van der Waals surface area contributed by atoms with Crippen molar-refractivity contribution in [3.05, 3.63) is 17.6 Å². The first kappa shape index (κ1) is 16.8. The molecule has 1 aromatic rings. The molecule has 0 aromatic carbocycles. The van der Waals surface area contributed by atoms with Gasteiger partial charge in [0.15, 0.2) is 11.4 Å². The van der Waals surface area contributed by atoms with Gasteiger partial charge < -0.3 is 9.80 Å². The van der Waals surface area contributed by atoms with Crippen LogP contribution in [0.3, 0.4) is 0 Å². The lowest BCUT2D eigenvalue weighted by atomic mass is 9.83. The number of likely N-dealkylation sites (tertiary alicyclic amines) is 1. The standard InChI is InChI=1S/C19H22N6O/c1-12-7-14(12)19(26)25-5-2-3-13-11-24(6-4-17(13)25)18-10-22-15(8-20)16(9-21)23-18/h10,12-14,17H,2-7,11H2,1H3/t12-,13?,14-,17?/m1/s1. The normalized spacial score (nSPS) is 30.1. The fourth-order valence-electron chi connectivity index (χ4n) is 4.46. The largest absolute Gasteiger partial charge is 0.355 e. The molecule has 3 heterocycles. The van der Waals surface area contributed by atoms with E-state index in [4.69, 9.17) is 10.5 Å². The summed E-state index contributed by atoms with van der Waals surface area (Å²) in [5.74, 6) is 2.22. The van der Waals surface area contributed by atoms with Gasteiger partial charge in [0.1, 0.15) is 18.0 Å². The zero-order chi connectivity index (χ0) is 18.3. The van der Waals surface area contributed by atoms with Crippen LogP contribution in [0.15, 0.2) is 6.20 Å². The molecule has 134 valence electrons. The van der Waals surface area contributed by atoms with E-state index in [1.165, 1.54) is 0 Å². The number of carbonyl (C=O) groups excluding carboxylic acids is 1. The van der Waals surface area contributed by atoms with Crippen molar-refractivity contribution in [1.82, 2.24) is 14.9 Å². The molecule has 26 heavy (non-hydrogen) atoms. The van der Waals surface area contributed by atoms with Crippen LogP contribution in [0.2, 0.25) is 0 Å². The second-order valence-corrected chi connectivity index (χ2v) is 7.70. The van der Waals surface area contributed by atoms with Gasteiger partial charge >= 0.3 is 0 Å². The number of fused-ring (bicyclic) bond motifs is 1. The summed E-state index contributed by atoms with van der Waals surface area (Å²) in [6.45, 7) is 4.65. The number of hydrogen-bond donors (Lipinski definition) is 0. The fraction of sp³-hybridized carbons (Fsp3) is 0.632.